The van der Waals surface area contributed by atoms with Crippen molar-refractivity contribution in [1.29, 1.82) is 0 Å². The average molecular weight is 257 g/mol. The lowest BCUT2D eigenvalue weighted by molar-refractivity contribution is 1.61. The molecule has 0 amide bonds. The monoisotopic (exact) mass is 255 g/mol. The minimum atomic E-state index is 0.532. The first-order chi connectivity index (χ1) is 7.18. The number of benzene rings is 2. The molecule has 0 unspecified atom stereocenters. The molecule has 2 aromatic carbocycles. The van der Waals surface area contributed by atoms with Crippen molar-refractivity contribution in [3.8, 4) is 11.1 Å². The molecule has 0 atom stereocenters. The smallest absolute Gasteiger partial charge is 0.0514 e. The van der Waals surface area contributed by atoms with Gasteiger partial charge in [-0.3, -0.25) is 0 Å². The Morgan fingerprint density at radius 2 is 1.60 bits per heavy atom. The van der Waals surface area contributed by atoms with Crippen LogP contribution in [0.4, 0.5) is 0 Å². The van der Waals surface area contributed by atoms with Crippen LogP contribution in [0, 0.1) is 6.07 Å². The van der Waals surface area contributed by atoms with Crippen LogP contribution in [0.15, 0.2) is 36.4 Å². The third-order valence-corrected chi connectivity index (χ3v) is 2.80. The Balaban J connectivity index is 2.64. The highest BCUT2D eigenvalue weighted by molar-refractivity contribution is 6.41. The quantitative estimate of drug-likeness (QED) is 0.665. The molecule has 0 N–H and O–H groups in total. The Bertz CT molecular complexity index is 454. The van der Waals surface area contributed by atoms with Gasteiger partial charge < -0.3 is 0 Å². The molecule has 0 bridgehead atoms. The van der Waals surface area contributed by atoms with E-state index in [2.05, 4.69) is 6.07 Å². The summed E-state index contributed by atoms with van der Waals surface area (Å²) in [6, 6.07) is 13.9. The maximum atomic E-state index is 6.08. The molecule has 2 aromatic rings. The zero-order chi connectivity index (χ0) is 10.8. The van der Waals surface area contributed by atoms with E-state index in [0.717, 1.165) is 11.1 Å². The third kappa shape index (κ3) is 2.28. The molecule has 0 aliphatic rings. The van der Waals surface area contributed by atoms with Crippen LogP contribution in [0.25, 0.3) is 11.1 Å². The zero-order valence-corrected chi connectivity index (χ0v) is 9.87. The van der Waals surface area contributed by atoms with E-state index in [-0.39, 0.29) is 0 Å². The summed E-state index contributed by atoms with van der Waals surface area (Å²) in [6.07, 6.45) is 0. The fraction of sp³-hybridized carbons (Fsp3) is 0. The van der Waals surface area contributed by atoms with Crippen molar-refractivity contribution in [1.82, 2.24) is 0 Å². The van der Waals surface area contributed by atoms with Crippen molar-refractivity contribution in [2.75, 3.05) is 0 Å². The van der Waals surface area contributed by atoms with Crippen LogP contribution in [0.5, 0.6) is 0 Å². The van der Waals surface area contributed by atoms with Crippen molar-refractivity contribution in [2.24, 2.45) is 0 Å². The normalized spacial score (nSPS) is 10.3. The van der Waals surface area contributed by atoms with Crippen molar-refractivity contribution >= 4 is 34.8 Å². The summed E-state index contributed by atoms with van der Waals surface area (Å²) in [5.74, 6) is 0. The highest BCUT2D eigenvalue weighted by Gasteiger charge is 2.09. The minimum Gasteiger partial charge on any atom is -0.0842 e. The van der Waals surface area contributed by atoms with E-state index in [1.54, 1.807) is 12.1 Å². The van der Waals surface area contributed by atoms with Crippen LogP contribution in [-0.2, 0) is 0 Å². The van der Waals surface area contributed by atoms with Crippen LogP contribution in [0.3, 0.4) is 0 Å². The summed E-state index contributed by atoms with van der Waals surface area (Å²) in [5.41, 5.74) is 1.63. The average Bonchev–Trinajstić information content (AvgIpc) is 2.17. The first-order valence-electron chi connectivity index (χ1n) is 4.30. The van der Waals surface area contributed by atoms with Gasteiger partial charge >= 0.3 is 0 Å². The highest BCUT2D eigenvalue weighted by atomic mass is 35.5. The van der Waals surface area contributed by atoms with Gasteiger partial charge in [0.05, 0.1) is 10.0 Å². The van der Waals surface area contributed by atoms with Crippen molar-refractivity contribution in [2.45, 2.75) is 0 Å². The standard InChI is InChI=1S/C12H6Cl3/c13-9-6-10(14)12(11(15)7-9)8-4-2-1-3-5-8/h1-4,6-7H. The van der Waals surface area contributed by atoms with Crippen LogP contribution in [-0.4, -0.2) is 0 Å². The SMILES string of the molecule is Clc1cc(Cl)c(-c2[c]cccc2)c(Cl)c1. The third-order valence-electron chi connectivity index (χ3n) is 1.99. The Morgan fingerprint density at radius 1 is 0.933 bits per heavy atom. The lowest BCUT2D eigenvalue weighted by Crippen LogP contribution is -1.82. The highest BCUT2D eigenvalue weighted by Crippen LogP contribution is 2.36. The summed E-state index contributed by atoms with van der Waals surface area (Å²) in [4.78, 5) is 0. The Kier molecular flexibility index (Phi) is 3.20. The van der Waals surface area contributed by atoms with Crippen LogP contribution >= 0.6 is 34.8 Å². The summed E-state index contributed by atoms with van der Waals surface area (Å²) >= 11 is 18.0. The Labute approximate surface area is 103 Å². The maximum Gasteiger partial charge on any atom is 0.0514 e. The summed E-state index contributed by atoms with van der Waals surface area (Å²) in [7, 11) is 0. The second kappa shape index (κ2) is 4.44. The van der Waals surface area contributed by atoms with E-state index >= 15 is 0 Å². The van der Waals surface area contributed by atoms with Gasteiger partial charge in [0.15, 0.2) is 0 Å². The molecule has 2 rings (SSSR count). The minimum absolute atomic E-state index is 0.532. The molecular formula is C12H6Cl3. The number of halogens is 3. The second-order valence-corrected chi connectivity index (χ2v) is 4.27. The summed E-state index contributed by atoms with van der Waals surface area (Å²) < 4.78 is 0. The van der Waals surface area contributed by atoms with E-state index in [0.29, 0.717) is 15.1 Å². The van der Waals surface area contributed by atoms with Gasteiger partial charge in [0.1, 0.15) is 0 Å². The Morgan fingerprint density at radius 3 is 2.13 bits per heavy atom. The van der Waals surface area contributed by atoms with Gasteiger partial charge in [0.2, 0.25) is 0 Å². The fourth-order valence-corrected chi connectivity index (χ4v) is 2.37. The molecule has 1 radical (unpaired) electrons. The molecule has 0 spiro atoms. The fourth-order valence-electron chi connectivity index (χ4n) is 1.35. The molecule has 0 fully saturated rings. The van der Waals surface area contributed by atoms with Crippen LogP contribution in [0.2, 0.25) is 15.1 Å². The predicted octanol–water partition coefficient (Wildman–Crippen LogP) is 5.11. The Hall–Kier alpha value is -0.690. The predicted molar refractivity (Wildman–Crippen MR) is 65.7 cm³/mol. The molecule has 15 heavy (non-hydrogen) atoms. The van der Waals surface area contributed by atoms with E-state index in [1.165, 1.54) is 0 Å². The molecule has 0 saturated heterocycles. The number of rotatable bonds is 1. The molecule has 0 saturated carbocycles. The number of hydrogen-bond donors (Lipinski definition) is 0. The van der Waals surface area contributed by atoms with Gasteiger partial charge in [-0.25, -0.2) is 0 Å². The summed E-state index contributed by atoms with van der Waals surface area (Å²) in [5, 5.41) is 1.61. The van der Waals surface area contributed by atoms with Crippen molar-refractivity contribution in [3.63, 3.8) is 0 Å². The molecule has 0 aliphatic carbocycles. The van der Waals surface area contributed by atoms with Crippen LogP contribution in [0.1, 0.15) is 0 Å². The van der Waals surface area contributed by atoms with Crippen molar-refractivity contribution < 1.29 is 0 Å². The molecule has 0 aromatic heterocycles. The lowest BCUT2D eigenvalue weighted by Gasteiger charge is -2.07. The van der Waals surface area contributed by atoms with E-state index in [4.69, 9.17) is 34.8 Å². The zero-order valence-electron chi connectivity index (χ0n) is 7.60. The van der Waals surface area contributed by atoms with Gasteiger partial charge in [0, 0.05) is 10.6 Å². The molecule has 75 valence electrons. The van der Waals surface area contributed by atoms with E-state index < -0.39 is 0 Å². The molecular weight excluding hydrogens is 250 g/mol. The van der Waals surface area contributed by atoms with Gasteiger partial charge in [-0.15, -0.1) is 0 Å². The summed E-state index contributed by atoms with van der Waals surface area (Å²) in [6.45, 7) is 0. The lowest BCUT2D eigenvalue weighted by atomic mass is 10.1. The topological polar surface area (TPSA) is 0 Å². The van der Waals surface area contributed by atoms with Gasteiger partial charge in [-0.05, 0) is 23.8 Å². The largest absolute Gasteiger partial charge is 0.0842 e. The molecule has 0 aliphatic heterocycles. The molecule has 0 heterocycles. The van der Waals surface area contributed by atoms with Gasteiger partial charge in [0.25, 0.3) is 0 Å². The van der Waals surface area contributed by atoms with Gasteiger partial charge in [-0.2, -0.15) is 0 Å². The first kappa shape index (κ1) is 10.8. The molecule has 3 heteroatoms. The van der Waals surface area contributed by atoms with E-state index in [1.807, 2.05) is 24.3 Å². The van der Waals surface area contributed by atoms with Crippen molar-refractivity contribution in [3.05, 3.63) is 57.5 Å². The van der Waals surface area contributed by atoms with Gasteiger partial charge in [-0.1, -0.05) is 59.1 Å². The maximum absolute atomic E-state index is 6.08. The van der Waals surface area contributed by atoms with Crippen LogP contribution < -0.4 is 0 Å². The first-order valence-corrected chi connectivity index (χ1v) is 5.43. The van der Waals surface area contributed by atoms with E-state index in [9.17, 15) is 0 Å². The number of hydrogen-bond acceptors (Lipinski definition) is 0. The molecule has 0 nitrogen and oxygen atoms in total. The second-order valence-electron chi connectivity index (χ2n) is 3.02.